The Morgan fingerprint density at radius 3 is 2.48 bits per heavy atom. The number of rotatable bonds is 6. The van der Waals surface area contributed by atoms with Crippen LogP contribution < -0.4 is 10.1 Å². The van der Waals surface area contributed by atoms with Crippen molar-refractivity contribution in [3.8, 4) is 5.75 Å². The number of amides is 1. The number of esters is 1. The van der Waals surface area contributed by atoms with Gasteiger partial charge in [0.25, 0.3) is 5.91 Å². The molecule has 5 nitrogen and oxygen atoms in total. The molecular formula is C18H17ClFNO4. The van der Waals surface area contributed by atoms with Crippen molar-refractivity contribution >= 4 is 29.2 Å². The summed E-state index contributed by atoms with van der Waals surface area (Å²) in [5.41, 5.74) is 0.533. The summed E-state index contributed by atoms with van der Waals surface area (Å²) < 4.78 is 23.2. The SMILES string of the molecule is CC[C@H](Oc1ccc(F)cc1)C(=O)Nc1ccc(Cl)c(C(=O)OC)c1. The molecule has 1 N–H and O–H groups in total. The van der Waals surface area contributed by atoms with Crippen LogP contribution in [0.4, 0.5) is 10.1 Å². The zero-order valence-electron chi connectivity index (χ0n) is 13.7. The zero-order valence-corrected chi connectivity index (χ0v) is 14.5. The van der Waals surface area contributed by atoms with Crippen molar-refractivity contribution in [3.63, 3.8) is 0 Å². The van der Waals surface area contributed by atoms with Gasteiger partial charge >= 0.3 is 5.97 Å². The Kier molecular flexibility index (Phi) is 6.36. The maximum atomic E-state index is 12.9. The van der Waals surface area contributed by atoms with Gasteiger partial charge in [-0.2, -0.15) is 0 Å². The van der Waals surface area contributed by atoms with Gasteiger partial charge in [-0.15, -0.1) is 0 Å². The van der Waals surface area contributed by atoms with Gasteiger partial charge in [0.1, 0.15) is 11.6 Å². The Hall–Kier alpha value is -2.60. The van der Waals surface area contributed by atoms with Crippen molar-refractivity contribution in [3.05, 3.63) is 58.9 Å². The molecule has 0 aromatic heterocycles. The predicted octanol–water partition coefficient (Wildman–Crippen LogP) is 4.06. The number of carbonyl (C=O) groups excluding carboxylic acids is 2. The number of nitrogens with one attached hydrogen (secondary N) is 1. The molecule has 0 radical (unpaired) electrons. The number of methoxy groups -OCH3 is 1. The van der Waals surface area contributed by atoms with Gasteiger partial charge in [0.05, 0.1) is 17.7 Å². The smallest absolute Gasteiger partial charge is 0.339 e. The van der Waals surface area contributed by atoms with Crippen molar-refractivity contribution in [1.82, 2.24) is 0 Å². The number of hydrogen-bond acceptors (Lipinski definition) is 4. The lowest BCUT2D eigenvalue weighted by atomic mass is 10.2. The number of halogens is 2. The van der Waals surface area contributed by atoms with Gasteiger partial charge in [0.2, 0.25) is 0 Å². The standard InChI is InChI=1S/C18H17ClFNO4/c1-3-16(25-13-7-4-11(20)5-8-13)17(22)21-12-6-9-15(19)14(10-12)18(23)24-2/h4-10,16H,3H2,1-2H3,(H,21,22)/t16-/m0/s1. The van der Waals surface area contributed by atoms with E-state index >= 15 is 0 Å². The van der Waals surface area contributed by atoms with Crippen LogP contribution in [0.1, 0.15) is 23.7 Å². The van der Waals surface area contributed by atoms with Gasteiger partial charge in [-0.1, -0.05) is 18.5 Å². The van der Waals surface area contributed by atoms with E-state index in [9.17, 15) is 14.0 Å². The molecule has 2 aromatic carbocycles. The minimum atomic E-state index is -0.775. The van der Waals surface area contributed by atoms with E-state index in [4.69, 9.17) is 16.3 Å². The fourth-order valence-electron chi connectivity index (χ4n) is 2.09. The number of anilines is 1. The summed E-state index contributed by atoms with van der Waals surface area (Å²) >= 11 is 5.95. The van der Waals surface area contributed by atoms with Crippen LogP contribution in [-0.4, -0.2) is 25.1 Å². The number of hydrogen-bond donors (Lipinski definition) is 1. The van der Waals surface area contributed by atoms with Gasteiger partial charge in [-0.25, -0.2) is 9.18 Å². The Morgan fingerprint density at radius 1 is 1.20 bits per heavy atom. The summed E-state index contributed by atoms with van der Waals surface area (Å²) in [7, 11) is 1.24. The monoisotopic (exact) mass is 365 g/mol. The molecule has 0 heterocycles. The van der Waals surface area contributed by atoms with Crippen molar-refractivity contribution < 1.29 is 23.5 Å². The van der Waals surface area contributed by atoms with E-state index in [1.54, 1.807) is 13.0 Å². The molecule has 0 aliphatic carbocycles. The molecule has 0 saturated carbocycles. The number of ether oxygens (including phenoxy) is 2. The molecule has 0 aliphatic rings. The zero-order chi connectivity index (χ0) is 18.4. The first-order valence-corrected chi connectivity index (χ1v) is 7.93. The molecule has 0 bridgehead atoms. The lowest BCUT2D eigenvalue weighted by Gasteiger charge is -2.17. The Balaban J connectivity index is 2.11. The summed E-state index contributed by atoms with van der Waals surface area (Å²) in [6, 6.07) is 9.88. The molecule has 7 heteroatoms. The fourth-order valence-corrected chi connectivity index (χ4v) is 2.29. The Labute approximate surface area is 149 Å². The average molecular weight is 366 g/mol. The molecule has 2 aromatic rings. The van der Waals surface area contributed by atoms with Crippen molar-refractivity contribution in [1.29, 1.82) is 0 Å². The van der Waals surface area contributed by atoms with Crippen molar-refractivity contribution in [2.24, 2.45) is 0 Å². The fraction of sp³-hybridized carbons (Fsp3) is 0.222. The Morgan fingerprint density at radius 2 is 1.88 bits per heavy atom. The first kappa shape index (κ1) is 18.7. The predicted molar refractivity (Wildman–Crippen MR) is 92.5 cm³/mol. The van der Waals surface area contributed by atoms with Crippen LogP contribution in [0.5, 0.6) is 5.75 Å². The minimum Gasteiger partial charge on any atom is -0.481 e. The summed E-state index contributed by atoms with van der Waals surface area (Å²) in [6.07, 6.45) is -0.372. The third-order valence-corrected chi connectivity index (χ3v) is 3.72. The van der Waals surface area contributed by atoms with Crippen LogP contribution in [-0.2, 0) is 9.53 Å². The molecule has 0 fully saturated rings. The second kappa shape index (κ2) is 8.48. The highest BCUT2D eigenvalue weighted by atomic mass is 35.5. The van der Waals surface area contributed by atoms with Crippen molar-refractivity contribution in [2.45, 2.75) is 19.4 Å². The van der Waals surface area contributed by atoms with Gasteiger partial charge in [0.15, 0.2) is 6.10 Å². The van der Waals surface area contributed by atoms with E-state index in [0.717, 1.165) is 0 Å². The summed E-state index contributed by atoms with van der Waals surface area (Å²) in [5.74, 6) is -1.00. The third-order valence-electron chi connectivity index (χ3n) is 3.39. The molecular weight excluding hydrogens is 349 g/mol. The first-order valence-electron chi connectivity index (χ1n) is 7.55. The molecule has 0 saturated heterocycles. The van der Waals surface area contributed by atoms with E-state index in [-0.39, 0.29) is 16.4 Å². The summed E-state index contributed by atoms with van der Waals surface area (Å²) in [6.45, 7) is 1.79. The van der Waals surface area contributed by atoms with E-state index < -0.39 is 18.0 Å². The number of benzene rings is 2. The molecule has 0 spiro atoms. The van der Waals surface area contributed by atoms with Crippen LogP contribution in [0, 0.1) is 5.82 Å². The van der Waals surface area contributed by atoms with Crippen molar-refractivity contribution in [2.75, 3.05) is 12.4 Å². The number of carbonyl (C=O) groups is 2. The highest BCUT2D eigenvalue weighted by Gasteiger charge is 2.20. The molecule has 132 valence electrons. The highest BCUT2D eigenvalue weighted by molar-refractivity contribution is 6.33. The van der Waals surface area contributed by atoms with E-state index in [1.807, 2.05) is 0 Å². The third kappa shape index (κ3) is 4.93. The second-order valence-corrected chi connectivity index (χ2v) is 5.55. The molecule has 1 atom stereocenters. The van der Waals surface area contributed by atoms with Crippen LogP contribution in [0.25, 0.3) is 0 Å². The highest BCUT2D eigenvalue weighted by Crippen LogP contribution is 2.22. The Bertz CT molecular complexity index is 764. The maximum absolute atomic E-state index is 12.9. The summed E-state index contributed by atoms with van der Waals surface area (Å²) in [5, 5.41) is 2.89. The molecule has 0 unspecified atom stereocenters. The van der Waals surface area contributed by atoms with Crippen LogP contribution >= 0.6 is 11.6 Å². The van der Waals surface area contributed by atoms with Gasteiger partial charge in [0, 0.05) is 5.69 Å². The van der Waals surface area contributed by atoms with Crippen LogP contribution in [0.2, 0.25) is 5.02 Å². The van der Waals surface area contributed by atoms with E-state index in [0.29, 0.717) is 17.9 Å². The largest absolute Gasteiger partial charge is 0.481 e. The lowest BCUT2D eigenvalue weighted by Crippen LogP contribution is -2.32. The molecule has 2 rings (SSSR count). The maximum Gasteiger partial charge on any atom is 0.339 e. The summed E-state index contributed by atoms with van der Waals surface area (Å²) in [4.78, 5) is 24.0. The lowest BCUT2D eigenvalue weighted by molar-refractivity contribution is -0.122. The molecule has 1 amide bonds. The minimum absolute atomic E-state index is 0.148. The van der Waals surface area contributed by atoms with Gasteiger partial charge in [-0.3, -0.25) is 4.79 Å². The normalized spacial score (nSPS) is 11.5. The van der Waals surface area contributed by atoms with Gasteiger partial charge < -0.3 is 14.8 Å². The van der Waals surface area contributed by atoms with Crippen LogP contribution in [0.3, 0.4) is 0 Å². The molecule has 0 aliphatic heterocycles. The second-order valence-electron chi connectivity index (χ2n) is 5.14. The topological polar surface area (TPSA) is 64.6 Å². The quantitative estimate of drug-likeness (QED) is 0.784. The van der Waals surface area contributed by atoms with E-state index in [1.165, 1.54) is 43.5 Å². The van der Waals surface area contributed by atoms with E-state index in [2.05, 4.69) is 10.1 Å². The van der Waals surface area contributed by atoms with Crippen LogP contribution in [0.15, 0.2) is 42.5 Å². The van der Waals surface area contributed by atoms with Gasteiger partial charge in [-0.05, 0) is 48.9 Å². The first-order chi connectivity index (χ1) is 11.9. The molecule has 25 heavy (non-hydrogen) atoms. The average Bonchev–Trinajstić information content (AvgIpc) is 2.62.